The molecular formula is C9H17NO2. The third kappa shape index (κ3) is 1.17. The van der Waals surface area contributed by atoms with Gasteiger partial charge < -0.3 is 10.0 Å². The van der Waals surface area contributed by atoms with Crippen molar-refractivity contribution in [2.75, 3.05) is 0 Å². The van der Waals surface area contributed by atoms with Crippen LogP contribution >= 0.6 is 0 Å². The van der Waals surface area contributed by atoms with Crippen molar-refractivity contribution in [3.8, 4) is 0 Å². The van der Waals surface area contributed by atoms with Crippen molar-refractivity contribution < 1.29 is 10.0 Å². The fourth-order valence-electron chi connectivity index (χ4n) is 2.03. The highest BCUT2D eigenvalue weighted by Gasteiger charge is 2.51. The molecule has 1 N–H and O–H groups in total. The Morgan fingerprint density at radius 2 is 1.92 bits per heavy atom. The molecule has 1 aliphatic heterocycles. The summed E-state index contributed by atoms with van der Waals surface area (Å²) in [4.78, 5) is 10.7. The highest BCUT2D eigenvalue weighted by atomic mass is 16.5. The summed E-state index contributed by atoms with van der Waals surface area (Å²) in [6.07, 6.45) is 1.66. The molecule has 1 fully saturated rings. The summed E-state index contributed by atoms with van der Waals surface area (Å²) >= 11 is 0. The maximum atomic E-state index is 10.7. The van der Waals surface area contributed by atoms with E-state index in [4.69, 9.17) is 0 Å². The minimum atomic E-state index is -0.425. The Bertz CT molecular complexity index is 199. The van der Waals surface area contributed by atoms with Gasteiger partial charge in [0.05, 0.1) is 5.54 Å². The van der Waals surface area contributed by atoms with Gasteiger partial charge >= 0.3 is 0 Å². The number of aldehydes is 1. The van der Waals surface area contributed by atoms with Gasteiger partial charge in [0.25, 0.3) is 0 Å². The van der Waals surface area contributed by atoms with E-state index < -0.39 is 5.54 Å². The highest BCUT2D eigenvalue weighted by molar-refractivity contribution is 5.57. The van der Waals surface area contributed by atoms with E-state index in [-0.39, 0.29) is 11.5 Å². The Kier molecular flexibility index (Phi) is 2.05. The molecule has 0 aromatic heterocycles. The molecule has 12 heavy (non-hydrogen) atoms. The first-order valence-electron chi connectivity index (χ1n) is 4.27. The van der Waals surface area contributed by atoms with Crippen LogP contribution in [-0.2, 0) is 4.79 Å². The Morgan fingerprint density at radius 3 is 2.08 bits per heavy atom. The smallest absolute Gasteiger partial charge is 0.125 e. The van der Waals surface area contributed by atoms with Crippen LogP contribution in [0.25, 0.3) is 0 Å². The molecule has 0 amide bonds. The molecule has 1 saturated heterocycles. The maximum absolute atomic E-state index is 10.7. The van der Waals surface area contributed by atoms with E-state index in [1.165, 1.54) is 5.06 Å². The second kappa shape index (κ2) is 2.54. The molecule has 3 heteroatoms. The predicted octanol–water partition coefficient (Wildman–Crippen LogP) is 1.45. The normalized spacial score (nSPS) is 33.6. The van der Waals surface area contributed by atoms with Crippen LogP contribution in [0.4, 0.5) is 0 Å². The average molecular weight is 171 g/mol. The van der Waals surface area contributed by atoms with Crippen LogP contribution in [0.1, 0.15) is 34.1 Å². The number of carbonyl (C=O) groups excluding carboxylic acids is 1. The quantitative estimate of drug-likeness (QED) is 0.607. The van der Waals surface area contributed by atoms with Crippen LogP contribution in [0.2, 0.25) is 0 Å². The monoisotopic (exact) mass is 171 g/mol. The molecule has 1 rings (SSSR count). The summed E-state index contributed by atoms with van der Waals surface area (Å²) in [5.74, 6) is -0.0718. The Balaban J connectivity index is 2.95. The summed E-state index contributed by atoms with van der Waals surface area (Å²) < 4.78 is 0. The third-order valence-electron chi connectivity index (χ3n) is 2.91. The van der Waals surface area contributed by atoms with Gasteiger partial charge in [0.15, 0.2) is 0 Å². The third-order valence-corrected chi connectivity index (χ3v) is 2.91. The van der Waals surface area contributed by atoms with Gasteiger partial charge in [-0.15, -0.1) is 0 Å². The fourth-order valence-corrected chi connectivity index (χ4v) is 2.03. The molecule has 1 atom stereocenters. The van der Waals surface area contributed by atoms with Gasteiger partial charge in [-0.1, -0.05) is 0 Å². The lowest BCUT2D eigenvalue weighted by molar-refractivity contribution is -0.196. The molecule has 0 aliphatic carbocycles. The summed E-state index contributed by atoms with van der Waals surface area (Å²) in [6, 6.07) is 0. The molecule has 1 heterocycles. The van der Waals surface area contributed by atoms with Crippen molar-refractivity contribution in [1.29, 1.82) is 0 Å². The summed E-state index contributed by atoms with van der Waals surface area (Å²) in [6.45, 7) is 7.66. The maximum Gasteiger partial charge on any atom is 0.125 e. The first-order chi connectivity index (χ1) is 5.32. The zero-order chi connectivity index (χ0) is 9.57. The molecule has 0 saturated carbocycles. The fraction of sp³-hybridized carbons (Fsp3) is 0.889. The van der Waals surface area contributed by atoms with Crippen LogP contribution < -0.4 is 0 Å². The van der Waals surface area contributed by atoms with Crippen molar-refractivity contribution in [1.82, 2.24) is 5.06 Å². The van der Waals surface area contributed by atoms with E-state index in [9.17, 15) is 10.0 Å². The minimum Gasteiger partial charge on any atom is -0.313 e. The molecule has 1 aliphatic rings. The molecule has 0 aromatic rings. The number of hydrogen-bond acceptors (Lipinski definition) is 3. The SMILES string of the molecule is CC1(C)C[C@H](C=O)C(C)(C)N1O. The molecule has 0 bridgehead atoms. The van der Waals surface area contributed by atoms with Crippen molar-refractivity contribution in [3.63, 3.8) is 0 Å². The first kappa shape index (κ1) is 9.68. The Morgan fingerprint density at radius 1 is 1.42 bits per heavy atom. The molecule has 0 aromatic carbocycles. The minimum absolute atomic E-state index is 0.0718. The lowest BCUT2D eigenvalue weighted by Gasteiger charge is -2.34. The summed E-state index contributed by atoms with van der Waals surface area (Å²) in [7, 11) is 0. The van der Waals surface area contributed by atoms with Crippen LogP contribution in [-0.4, -0.2) is 27.6 Å². The zero-order valence-electron chi connectivity index (χ0n) is 8.16. The van der Waals surface area contributed by atoms with Crippen LogP contribution in [0.15, 0.2) is 0 Å². The van der Waals surface area contributed by atoms with Gasteiger partial charge in [-0.2, -0.15) is 5.06 Å². The lowest BCUT2D eigenvalue weighted by atomic mass is 9.88. The highest BCUT2D eigenvalue weighted by Crippen LogP contribution is 2.42. The number of hydrogen-bond donors (Lipinski definition) is 1. The Labute approximate surface area is 73.3 Å². The topological polar surface area (TPSA) is 40.5 Å². The van der Waals surface area contributed by atoms with E-state index in [0.717, 1.165) is 12.7 Å². The van der Waals surface area contributed by atoms with Crippen LogP contribution in [0.3, 0.4) is 0 Å². The molecule has 70 valence electrons. The standard InChI is InChI=1S/C9H17NO2/c1-8(2)5-7(6-11)9(3,4)10(8)12/h6-7,12H,5H2,1-4H3/t7-/m1/s1. The van der Waals surface area contributed by atoms with Gasteiger partial charge in [-0.25, -0.2) is 0 Å². The van der Waals surface area contributed by atoms with E-state index in [0.29, 0.717) is 0 Å². The predicted molar refractivity (Wildman–Crippen MR) is 46.0 cm³/mol. The van der Waals surface area contributed by atoms with Gasteiger partial charge in [-0.3, -0.25) is 0 Å². The van der Waals surface area contributed by atoms with Gasteiger partial charge in [0, 0.05) is 11.5 Å². The Hall–Kier alpha value is -0.410. The number of hydroxylamine groups is 2. The van der Waals surface area contributed by atoms with Crippen LogP contribution in [0, 0.1) is 5.92 Å². The molecule has 0 radical (unpaired) electrons. The van der Waals surface area contributed by atoms with Crippen LogP contribution in [0.5, 0.6) is 0 Å². The van der Waals surface area contributed by atoms with Gasteiger partial charge in [0.1, 0.15) is 6.29 Å². The zero-order valence-corrected chi connectivity index (χ0v) is 8.16. The second-order valence-corrected chi connectivity index (χ2v) is 4.72. The van der Waals surface area contributed by atoms with Crippen molar-refractivity contribution in [2.24, 2.45) is 5.92 Å². The number of carbonyl (C=O) groups is 1. The molecule has 0 unspecified atom stereocenters. The molecular weight excluding hydrogens is 154 g/mol. The summed E-state index contributed by atoms with van der Waals surface area (Å²) in [5, 5.41) is 11.1. The van der Waals surface area contributed by atoms with E-state index >= 15 is 0 Å². The number of nitrogens with zero attached hydrogens (tertiary/aromatic N) is 1. The average Bonchev–Trinajstić information content (AvgIpc) is 2.11. The molecule has 3 nitrogen and oxygen atoms in total. The van der Waals surface area contributed by atoms with E-state index in [2.05, 4.69) is 0 Å². The molecule has 0 spiro atoms. The van der Waals surface area contributed by atoms with Crippen molar-refractivity contribution >= 4 is 6.29 Å². The lowest BCUT2D eigenvalue weighted by Crippen LogP contribution is -2.47. The first-order valence-corrected chi connectivity index (χ1v) is 4.27. The van der Waals surface area contributed by atoms with Crippen molar-refractivity contribution in [2.45, 2.75) is 45.2 Å². The summed E-state index contributed by atoms with van der Waals surface area (Å²) in [5.41, 5.74) is -0.708. The van der Waals surface area contributed by atoms with E-state index in [1.807, 2.05) is 27.7 Å². The second-order valence-electron chi connectivity index (χ2n) is 4.72. The van der Waals surface area contributed by atoms with Crippen molar-refractivity contribution in [3.05, 3.63) is 0 Å². The number of rotatable bonds is 1. The van der Waals surface area contributed by atoms with Gasteiger partial charge in [0.2, 0.25) is 0 Å². The van der Waals surface area contributed by atoms with E-state index in [1.54, 1.807) is 0 Å². The largest absolute Gasteiger partial charge is 0.313 e. The van der Waals surface area contributed by atoms with Gasteiger partial charge in [-0.05, 0) is 34.1 Å².